The summed E-state index contributed by atoms with van der Waals surface area (Å²) in [7, 11) is -3.49. The van der Waals surface area contributed by atoms with Crippen LogP contribution in [0.25, 0.3) is 26.2 Å². The van der Waals surface area contributed by atoms with Gasteiger partial charge in [-0.2, -0.15) is 0 Å². The highest BCUT2D eigenvalue weighted by Gasteiger charge is 2.50. The number of thiophene rings is 1. The molecule has 0 aliphatic carbocycles. The first-order chi connectivity index (χ1) is 13.6. The van der Waals surface area contributed by atoms with Crippen LogP contribution in [0, 0.1) is 5.40 Å². The van der Waals surface area contributed by atoms with Gasteiger partial charge < -0.3 is 5.32 Å². The van der Waals surface area contributed by atoms with Crippen LogP contribution in [0.5, 0.6) is 0 Å². The van der Waals surface area contributed by atoms with Crippen molar-refractivity contribution in [2.45, 2.75) is 38.0 Å². The molecule has 6 heteroatoms. The van der Waals surface area contributed by atoms with Gasteiger partial charge in [-0.1, -0.05) is 24.3 Å². The first-order valence-corrected chi connectivity index (χ1v) is 11.7. The largest absolute Gasteiger partial charge is 0.362 e. The Kier molecular flexibility index (Phi) is 3.93. The average Bonchev–Trinajstić information content (AvgIpc) is 3.02. The second-order valence-corrected chi connectivity index (χ2v) is 11.8. The third kappa shape index (κ3) is 2.78. The molecule has 0 bridgehead atoms. The quantitative estimate of drug-likeness (QED) is 0.617. The Morgan fingerprint density at radius 2 is 1.82 bits per heavy atom. The third-order valence-corrected chi connectivity index (χ3v) is 9.57. The van der Waals surface area contributed by atoms with E-state index in [4.69, 9.17) is 1.41 Å². The Morgan fingerprint density at radius 3 is 2.50 bits per heavy atom. The average molecular weight is 413 g/mol. The molecule has 1 atom stereocenters. The highest BCUT2D eigenvalue weighted by molar-refractivity contribution is 7.93. The fourth-order valence-electron chi connectivity index (χ4n) is 3.75. The number of rotatable bonds is 2. The maximum absolute atomic E-state index is 13.0. The number of benzene rings is 2. The molecule has 0 radical (unpaired) electrons. The number of allylic oxidation sites excluding steroid dienone is 1. The van der Waals surface area contributed by atoms with Gasteiger partial charge in [0.2, 0.25) is 0 Å². The first kappa shape index (κ1) is 17.9. The Morgan fingerprint density at radius 1 is 1.14 bits per heavy atom. The van der Waals surface area contributed by atoms with Gasteiger partial charge in [0.1, 0.15) is 10.6 Å². The van der Waals surface area contributed by atoms with Crippen LogP contribution in [0.2, 0.25) is 1.41 Å². The van der Waals surface area contributed by atoms with E-state index in [1.807, 2.05) is 26.0 Å². The summed E-state index contributed by atoms with van der Waals surface area (Å²) in [6.07, 6.45) is 4.09. The molecule has 2 aromatic carbocycles. The van der Waals surface area contributed by atoms with E-state index >= 15 is 0 Å². The number of nitrogens with one attached hydrogen (secondary N) is 2. The summed E-state index contributed by atoms with van der Waals surface area (Å²) in [6.45, 7) is 7.06. The summed E-state index contributed by atoms with van der Waals surface area (Å²) in [5.74, 6) is 0.126. The van der Waals surface area contributed by atoms with Crippen molar-refractivity contribution in [3.05, 3.63) is 53.6 Å². The molecule has 2 heterocycles. The molecule has 2 N–H and O–H groups in total. The number of amidine groups is 1. The molecule has 3 aromatic rings. The van der Waals surface area contributed by atoms with E-state index in [-0.39, 0.29) is 11.6 Å². The monoisotopic (exact) mass is 412 g/mol. The van der Waals surface area contributed by atoms with Crippen molar-refractivity contribution in [3.8, 4) is 0 Å². The lowest BCUT2D eigenvalue weighted by atomic mass is 9.91. The Labute approximate surface area is 171 Å². The maximum Gasteiger partial charge on any atom is 0.189 e. The fourth-order valence-corrected chi connectivity index (χ4v) is 6.52. The van der Waals surface area contributed by atoms with Crippen LogP contribution in [0.3, 0.4) is 0 Å². The molecule has 0 spiro atoms. The van der Waals surface area contributed by atoms with Gasteiger partial charge in [0.25, 0.3) is 0 Å². The second-order valence-electron chi connectivity index (χ2n) is 8.14. The number of sulfone groups is 1. The summed E-state index contributed by atoms with van der Waals surface area (Å²) in [4.78, 5) is 0. The van der Waals surface area contributed by atoms with E-state index in [2.05, 4.69) is 47.1 Å². The summed E-state index contributed by atoms with van der Waals surface area (Å²) < 4.78 is 34.7. The molecule has 1 aromatic heterocycles. The van der Waals surface area contributed by atoms with E-state index in [1.54, 1.807) is 25.2 Å². The van der Waals surface area contributed by atoms with Gasteiger partial charge in [0.05, 0.1) is 11.3 Å². The smallest absolute Gasteiger partial charge is 0.189 e. The van der Waals surface area contributed by atoms with E-state index < -0.39 is 20.1 Å². The third-order valence-electron chi connectivity index (χ3n) is 5.71. The minimum atomic E-state index is -3.49. The van der Waals surface area contributed by atoms with Crippen LogP contribution < -0.4 is 5.32 Å². The Bertz CT molecular complexity index is 1290. The van der Waals surface area contributed by atoms with Crippen LogP contribution in [-0.4, -0.2) is 24.8 Å². The molecule has 4 rings (SSSR count). The zero-order valence-corrected chi connectivity index (χ0v) is 18.0. The molecule has 0 unspecified atom stereocenters. The first-order valence-electron chi connectivity index (χ1n) is 9.68. The summed E-state index contributed by atoms with van der Waals surface area (Å²) in [5.41, 5.74) is 1.17. The summed E-state index contributed by atoms with van der Waals surface area (Å²) in [5, 5.41) is 9.06. The predicted octanol–water partition coefficient (Wildman–Crippen LogP) is 5.08. The van der Waals surface area contributed by atoms with Gasteiger partial charge in [0, 0.05) is 20.2 Å². The summed E-state index contributed by atoms with van der Waals surface area (Å²) in [6, 6.07) is 12.5. The number of hydrogen-bond acceptors (Lipinski definition) is 4. The molecule has 0 amide bonds. The Hall–Kier alpha value is -2.18. The Balaban J connectivity index is 1.89. The molecular weight excluding hydrogens is 388 g/mol. The standard InChI is InChI=1S/C22H24N2O2S2/c1-5-6-14-7-9-18-16(11-14)17-12-15(8-10-19(17)27-18)22(4)13-28(25,26)21(2,3)20(23)24-22/h5-12H,13H2,1-4H3,(H2,23,24)/t22-/m0/s1. The van der Waals surface area contributed by atoms with Crippen LogP contribution in [0.15, 0.2) is 42.5 Å². The van der Waals surface area contributed by atoms with E-state index in [0.717, 1.165) is 16.5 Å². The predicted molar refractivity (Wildman–Crippen MR) is 120 cm³/mol. The molecule has 0 saturated carbocycles. The van der Waals surface area contributed by atoms with E-state index in [0.29, 0.717) is 0 Å². The molecule has 1 fully saturated rings. The topological polar surface area (TPSA) is 70.0 Å². The van der Waals surface area contributed by atoms with Gasteiger partial charge in [-0.25, -0.2) is 8.42 Å². The van der Waals surface area contributed by atoms with Crippen molar-refractivity contribution in [1.29, 1.82) is 5.40 Å². The fraction of sp³-hybridized carbons (Fsp3) is 0.318. The van der Waals surface area contributed by atoms with Gasteiger partial charge in [-0.15, -0.1) is 11.3 Å². The van der Waals surface area contributed by atoms with Crippen LogP contribution in [0.4, 0.5) is 0 Å². The van der Waals surface area contributed by atoms with Crippen molar-refractivity contribution in [1.82, 2.24) is 5.32 Å². The summed E-state index contributed by atoms with van der Waals surface area (Å²) >= 11 is 1.73. The van der Waals surface area contributed by atoms with Crippen LogP contribution >= 0.6 is 11.3 Å². The van der Waals surface area contributed by atoms with Crippen LogP contribution in [-0.2, 0) is 15.4 Å². The number of fused-ring (bicyclic) bond motifs is 3. The minimum absolute atomic E-state index is 0.0522. The normalized spacial score (nSPS) is 26.0. The number of hydrogen-bond donors (Lipinski definition) is 2. The van der Waals surface area contributed by atoms with Crippen molar-refractivity contribution >= 4 is 53.3 Å². The van der Waals surface area contributed by atoms with Crippen molar-refractivity contribution in [2.24, 2.45) is 0 Å². The highest BCUT2D eigenvalue weighted by atomic mass is 32.2. The van der Waals surface area contributed by atoms with Crippen molar-refractivity contribution in [3.63, 3.8) is 0 Å². The zero-order chi connectivity index (χ0) is 21.0. The maximum atomic E-state index is 13.0. The van der Waals surface area contributed by atoms with Crippen LogP contribution in [0.1, 0.15) is 38.8 Å². The molecule has 1 aliphatic heterocycles. The zero-order valence-electron chi connectivity index (χ0n) is 17.4. The second kappa shape index (κ2) is 6.16. The van der Waals surface area contributed by atoms with E-state index in [9.17, 15) is 8.42 Å². The molecular formula is C22H24N2O2S2. The van der Waals surface area contributed by atoms with Gasteiger partial charge >= 0.3 is 0 Å². The molecule has 1 saturated heterocycles. The van der Waals surface area contributed by atoms with Crippen molar-refractivity contribution < 1.29 is 9.83 Å². The van der Waals surface area contributed by atoms with Gasteiger partial charge in [0.15, 0.2) is 11.2 Å². The highest BCUT2D eigenvalue weighted by Crippen LogP contribution is 2.39. The lowest BCUT2D eigenvalue weighted by molar-refractivity contribution is 0.443. The lowest BCUT2D eigenvalue weighted by Gasteiger charge is -2.43. The molecule has 1 aliphatic rings. The van der Waals surface area contributed by atoms with Gasteiger partial charge in [-0.3, -0.25) is 5.40 Å². The van der Waals surface area contributed by atoms with E-state index in [1.165, 1.54) is 14.8 Å². The minimum Gasteiger partial charge on any atom is -0.362 e. The molecule has 4 nitrogen and oxygen atoms in total. The van der Waals surface area contributed by atoms with Crippen molar-refractivity contribution in [2.75, 3.05) is 5.75 Å². The van der Waals surface area contributed by atoms with Gasteiger partial charge in [-0.05, 0) is 63.1 Å². The molecule has 28 heavy (non-hydrogen) atoms. The molecule has 146 valence electrons. The SMILES string of the molecule is [H]/N=C1/N[C@](C)(c2ccc3sc4ccc(C=CC)cc4c3c2)CS(=O)(=O)C1(C)C. The lowest BCUT2D eigenvalue weighted by Crippen LogP contribution is -2.63.